The fourth-order valence-corrected chi connectivity index (χ4v) is 1.88. The van der Waals surface area contributed by atoms with Crippen molar-refractivity contribution in [1.29, 1.82) is 5.26 Å². The van der Waals surface area contributed by atoms with E-state index in [1.165, 1.54) is 0 Å². The molecule has 2 rings (SSSR count). The molecule has 0 saturated carbocycles. The predicted octanol–water partition coefficient (Wildman–Crippen LogP) is 1.36. The Balaban J connectivity index is 2.13. The average molecular weight is 228 g/mol. The Labute approximate surface area is 99.5 Å². The topological polar surface area (TPSA) is 61.2 Å². The molecule has 1 amide bonds. The van der Waals surface area contributed by atoms with E-state index >= 15 is 0 Å². The van der Waals surface area contributed by atoms with Gasteiger partial charge in [0.15, 0.2) is 5.78 Å². The number of benzene rings is 1. The van der Waals surface area contributed by atoms with Crippen LogP contribution in [0, 0.1) is 11.3 Å². The SMILES string of the molecule is N#Cc1ccc(C(=O)N2CCCC(=O)C2)cc1. The Bertz CT molecular complexity index is 485. The third kappa shape index (κ3) is 2.51. The summed E-state index contributed by atoms with van der Waals surface area (Å²) in [6, 6.07) is 8.47. The Morgan fingerprint density at radius 1 is 1.29 bits per heavy atom. The number of hydrogen-bond donors (Lipinski definition) is 0. The number of amides is 1. The number of hydrogen-bond acceptors (Lipinski definition) is 3. The van der Waals surface area contributed by atoms with E-state index in [1.54, 1.807) is 29.2 Å². The lowest BCUT2D eigenvalue weighted by Crippen LogP contribution is -2.40. The summed E-state index contributed by atoms with van der Waals surface area (Å²) in [5.74, 6) is -0.0271. The van der Waals surface area contributed by atoms with Crippen LogP contribution in [0.5, 0.6) is 0 Å². The fraction of sp³-hybridized carbons (Fsp3) is 0.308. The summed E-state index contributed by atoms with van der Waals surface area (Å²) in [5.41, 5.74) is 1.05. The number of likely N-dealkylation sites (tertiary alicyclic amines) is 1. The first kappa shape index (κ1) is 11.3. The summed E-state index contributed by atoms with van der Waals surface area (Å²) in [4.78, 5) is 24.9. The minimum Gasteiger partial charge on any atom is -0.331 e. The van der Waals surface area contributed by atoms with Crippen LogP contribution in [-0.2, 0) is 4.79 Å². The van der Waals surface area contributed by atoms with Crippen molar-refractivity contribution in [2.45, 2.75) is 12.8 Å². The van der Waals surface area contributed by atoms with Gasteiger partial charge in [-0.05, 0) is 30.7 Å². The van der Waals surface area contributed by atoms with E-state index in [2.05, 4.69) is 0 Å². The van der Waals surface area contributed by atoms with Crippen LogP contribution in [0.3, 0.4) is 0 Å². The van der Waals surface area contributed by atoms with Crippen molar-refractivity contribution < 1.29 is 9.59 Å². The van der Waals surface area contributed by atoms with Gasteiger partial charge in [-0.15, -0.1) is 0 Å². The van der Waals surface area contributed by atoms with Crippen LogP contribution in [0.1, 0.15) is 28.8 Å². The standard InChI is InChI=1S/C13H12N2O2/c14-8-10-3-5-11(6-4-10)13(17)15-7-1-2-12(16)9-15/h3-6H,1-2,7,9H2. The zero-order valence-corrected chi connectivity index (χ0v) is 9.35. The first-order valence-electron chi connectivity index (χ1n) is 5.52. The van der Waals surface area contributed by atoms with Crippen molar-refractivity contribution in [2.75, 3.05) is 13.1 Å². The Morgan fingerprint density at radius 2 is 2.00 bits per heavy atom. The van der Waals surface area contributed by atoms with E-state index in [1.807, 2.05) is 6.07 Å². The molecule has 0 unspecified atom stereocenters. The quantitative estimate of drug-likeness (QED) is 0.729. The molecule has 1 aromatic rings. The maximum Gasteiger partial charge on any atom is 0.254 e. The molecule has 1 saturated heterocycles. The minimum absolute atomic E-state index is 0.109. The fourth-order valence-electron chi connectivity index (χ4n) is 1.88. The van der Waals surface area contributed by atoms with E-state index in [9.17, 15) is 9.59 Å². The molecule has 4 nitrogen and oxygen atoms in total. The summed E-state index contributed by atoms with van der Waals surface area (Å²) >= 11 is 0. The number of nitriles is 1. The normalized spacial score (nSPS) is 15.5. The number of rotatable bonds is 1. The molecule has 4 heteroatoms. The number of nitrogens with zero attached hydrogens (tertiary/aromatic N) is 2. The molecule has 0 aromatic heterocycles. The molecule has 1 aliphatic heterocycles. The zero-order valence-electron chi connectivity index (χ0n) is 9.35. The highest BCUT2D eigenvalue weighted by molar-refractivity contribution is 5.97. The molecular formula is C13H12N2O2. The second-order valence-corrected chi connectivity index (χ2v) is 4.06. The molecule has 0 bridgehead atoms. The van der Waals surface area contributed by atoms with Gasteiger partial charge in [0.25, 0.3) is 5.91 Å². The Hall–Kier alpha value is -2.15. The van der Waals surface area contributed by atoms with E-state index in [0.29, 0.717) is 24.1 Å². The summed E-state index contributed by atoms with van der Waals surface area (Å²) in [5, 5.41) is 8.66. The van der Waals surface area contributed by atoms with Crippen molar-refractivity contribution in [3.05, 3.63) is 35.4 Å². The molecule has 0 N–H and O–H groups in total. The molecule has 1 aromatic carbocycles. The monoisotopic (exact) mass is 228 g/mol. The second-order valence-electron chi connectivity index (χ2n) is 4.06. The summed E-state index contributed by atoms with van der Waals surface area (Å²) in [6.45, 7) is 0.837. The molecule has 0 spiro atoms. The van der Waals surface area contributed by atoms with E-state index in [0.717, 1.165) is 6.42 Å². The molecule has 0 aliphatic carbocycles. The van der Waals surface area contributed by atoms with Gasteiger partial charge < -0.3 is 4.90 Å². The molecular weight excluding hydrogens is 216 g/mol. The van der Waals surface area contributed by atoms with Crippen LogP contribution >= 0.6 is 0 Å². The smallest absolute Gasteiger partial charge is 0.254 e. The van der Waals surface area contributed by atoms with Gasteiger partial charge in [0.2, 0.25) is 0 Å². The van der Waals surface area contributed by atoms with Crippen molar-refractivity contribution >= 4 is 11.7 Å². The van der Waals surface area contributed by atoms with Gasteiger partial charge in [-0.25, -0.2) is 0 Å². The average Bonchev–Trinajstić information content (AvgIpc) is 2.38. The highest BCUT2D eigenvalue weighted by atomic mass is 16.2. The summed E-state index contributed by atoms with van der Waals surface area (Å²) in [7, 11) is 0. The highest BCUT2D eigenvalue weighted by Crippen LogP contribution is 2.12. The van der Waals surface area contributed by atoms with Crippen molar-refractivity contribution in [3.8, 4) is 6.07 Å². The first-order valence-corrected chi connectivity index (χ1v) is 5.52. The van der Waals surface area contributed by atoms with Gasteiger partial charge in [-0.3, -0.25) is 9.59 Å². The van der Waals surface area contributed by atoms with Gasteiger partial charge in [0.05, 0.1) is 18.2 Å². The van der Waals surface area contributed by atoms with Gasteiger partial charge in [0.1, 0.15) is 0 Å². The Kier molecular flexibility index (Phi) is 3.20. The number of carbonyl (C=O) groups excluding carboxylic acids is 2. The van der Waals surface area contributed by atoms with E-state index in [4.69, 9.17) is 5.26 Å². The molecule has 1 heterocycles. The van der Waals surface area contributed by atoms with Crippen molar-refractivity contribution in [2.24, 2.45) is 0 Å². The van der Waals surface area contributed by atoms with Gasteiger partial charge in [-0.2, -0.15) is 5.26 Å². The van der Waals surface area contributed by atoms with Crippen LogP contribution in [0.2, 0.25) is 0 Å². The third-order valence-corrected chi connectivity index (χ3v) is 2.80. The predicted molar refractivity (Wildman–Crippen MR) is 61.3 cm³/mol. The zero-order chi connectivity index (χ0) is 12.3. The molecule has 1 fully saturated rings. The van der Waals surface area contributed by atoms with E-state index in [-0.39, 0.29) is 18.2 Å². The highest BCUT2D eigenvalue weighted by Gasteiger charge is 2.22. The van der Waals surface area contributed by atoms with Crippen LogP contribution < -0.4 is 0 Å². The molecule has 17 heavy (non-hydrogen) atoms. The molecule has 1 aliphatic rings. The maximum absolute atomic E-state index is 12.0. The Morgan fingerprint density at radius 3 is 2.59 bits per heavy atom. The summed E-state index contributed by atoms with van der Waals surface area (Å²) < 4.78 is 0. The van der Waals surface area contributed by atoms with Gasteiger partial charge >= 0.3 is 0 Å². The number of carbonyl (C=O) groups is 2. The van der Waals surface area contributed by atoms with E-state index < -0.39 is 0 Å². The molecule has 86 valence electrons. The lowest BCUT2D eigenvalue weighted by molar-refractivity contribution is -0.121. The third-order valence-electron chi connectivity index (χ3n) is 2.80. The number of Topliss-reactive ketones (excluding diaryl/α,β-unsaturated/α-hetero) is 1. The van der Waals surface area contributed by atoms with Crippen LogP contribution in [-0.4, -0.2) is 29.7 Å². The largest absolute Gasteiger partial charge is 0.331 e. The van der Waals surface area contributed by atoms with Crippen molar-refractivity contribution in [1.82, 2.24) is 4.90 Å². The van der Waals surface area contributed by atoms with Crippen LogP contribution in [0.4, 0.5) is 0 Å². The molecule has 0 atom stereocenters. The number of piperidine rings is 1. The van der Waals surface area contributed by atoms with Crippen molar-refractivity contribution in [3.63, 3.8) is 0 Å². The second kappa shape index (κ2) is 4.79. The van der Waals surface area contributed by atoms with Crippen LogP contribution in [0.15, 0.2) is 24.3 Å². The minimum atomic E-state index is -0.137. The van der Waals surface area contributed by atoms with Gasteiger partial charge in [0, 0.05) is 18.5 Å². The lowest BCUT2D eigenvalue weighted by atomic mass is 10.1. The van der Waals surface area contributed by atoms with Gasteiger partial charge in [-0.1, -0.05) is 0 Å². The summed E-state index contributed by atoms with van der Waals surface area (Å²) in [6.07, 6.45) is 1.30. The number of ketones is 1. The first-order chi connectivity index (χ1) is 8.20. The maximum atomic E-state index is 12.0. The lowest BCUT2D eigenvalue weighted by Gasteiger charge is -2.25. The van der Waals surface area contributed by atoms with Crippen LogP contribution in [0.25, 0.3) is 0 Å². The molecule has 0 radical (unpaired) electrons.